The van der Waals surface area contributed by atoms with Gasteiger partial charge in [-0.1, -0.05) is 24.1 Å². The lowest BCUT2D eigenvalue weighted by molar-refractivity contribution is -0.119. The van der Waals surface area contributed by atoms with Crippen LogP contribution in [0.2, 0.25) is 0 Å². The molecule has 0 bridgehead atoms. The molecule has 92 valence electrons. The molecule has 0 unspecified atom stereocenters. The third-order valence-electron chi connectivity index (χ3n) is 2.34. The first-order valence-corrected chi connectivity index (χ1v) is 5.65. The number of carbonyl (C=O) groups excluding carboxylic acids is 1. The molecule has 0 spiro atoms. The standard InChI is InChI=1S/C14H15N3O/c1-2-10-16-14(18)12-17(11-6-9-15)13-7-4-3-5-8-13/h1,3-5,7-8H,6,10-12H2,(H,16,18). The van der Waals surface area contributed by atoms with Crippen LogP contribution >= 0.6 is 0 Å². The highest BCUT2D eigenvalue weighted by atomic mass is 16.2. The highest BCUT2D eigenvalue weighted by molar-refractivity contribution is 5.81. The Balaban J connectivity index is 2.65. The predicted molar refractivity (Wildman–Crippen MR) is 70.7 cm³/mol. The molecule has 0 aromatic heterocycles. The number of terminal acetylenes is 1. The Kier molecular flexibility index (Phi) is 5.86. The van der Waals surface area contributed by atoms with E-state index in [0.29, 0.717) is 13.0 Å². The van der Waals surface area contributed by atoms with Crippen LogP contribution in [0.25, 0.3) is 0 Å². The number of rotatable bonds is 6. The van der Waals surface area contributed by atoms with E-state index in [1.807, 2.05) is 35.2 Å². The summed E-state index contributed by atoms with van der Waals surface area (Å²) in [5.41, 5.74) is 0.920. The molecular formula is C14H15N3O. The number of anilines is 1. The summed E-state index contributed by atoms with van der Waals surface area (Å²) in [4.78, 5) is 13.5. The van der Waals surface area contributed by atoms with Crippen LogP contribution in [0, 0.1) is 23.7 Å². The van der Waals surface area contributed by atoms with Crippen molar-refractivity contribution in [1.29, 1.82) is 5.26 Å². The molecule has 1 aromatic carbocycles. The summed E-state index contributed by atoms with van der Waals surface area (Å²) in [6.07, 6.45) is 5.45. The molecule has 0 aliphatic rings. The Morgan fingerprint density at radius 2 is 2.11 bits per heavy atom. The molecule has 1 N–H and O–H groups in total. The fourth-order valence-electron chi connectivity index (χ4n) is 1.50. The molecule has 0 radical (unpaired) electrons. The summed E-state index contributed by atoms with van der Waals surface area (Å²) in [6, 6.07) is 11.6. The average molecular weight is 241 g/mol. The van der Waals surface area contributed by atoms with Crippen LogP contribution in [0.3, 0.4) is 0 Å². The Morgan fingerprint density at radius 3 is 2.72 bits per heavy atom. The lowest BCUT2D eigenvalue weighted by atomic mass is 10.2. The van der Waals surface area contributed by atoms with E-state index in [1.54, 1.807) is 0 Å². The number of hydrogen-bond donors (Lipinski definition) is 1. The number of para-hydroxylation sites is 1. The van der Waals surface area contributed by atoms with E-state index in [2.05, 4.69) is 17.3 Å². The summed E-state index contributed by atoms with van der Waals surface area (Å²) < 4.78 is 0. The van der Waals surface area contributed by atoms with Crippen molar-refractivity contribution in [1.82, 2.24) is 5.32 Å². The van der Waals surface area contributed by atoms with Crippen molar-refractivity contribution in [2.45, 2.75) is 6.42 Å². The van der Waals surface area contributed by atoms with E-state index in [-0.39, 0.29) is 19.0 Å². The lowest BCUT2D eigenvalue weighted by Crippen LogP contribution is -2.37. The van der Waals surface area contributed by atoms with Crippen LogP contribution in [-0.4, -0.2) is 25.5 Å². The summed E-state index contributed by atoms with van der Waals surface area (Å²) in [7, 11) is 0. The maximum absolute atomic E-state index is 11.6. The van der Waals surface area contributed by atoms with E-state index >= 15 is 0 Å². The maximum atomic E-state index is 11.6. The summed E-state index contributed by atoms with van der Waals surface area (Å²) in [5.74, 6) is 2.21. The van der Waals surface area contributed by atoms with E-state index in [4.69, 9.17) is 11.7 Å². The van der Waals surface area contributed by atoms with Crippen molar-refractivity contribution >= 4 is 11.6 Å². The number of amides is 1. The van der Waals surface area contributed by atoms with Crippen molar-refractivity contribution in [2.24, 2.45) is 0 Å². The SMILES string of the molecule is C#CCNC(=O)CN(CCC#N)c1ccccc1. The normalized spacial score (nSPS) is 9.00. The highest BCUT2D eigenvalue weighted by Gasteiger charge is 2.10. The first-order valence-electron chi connectivity index (χ1n) is 5.65. The minimum Gasteiger partial charge on any atom is -0.361 e. The Bertz CT molecular complexity index is 456. The third-order valence-corrected chi connectivity index (χ3v) is 2.34. The molecule has 0 aliphatic heterocycles. The molecular weight excluding hydrogens is 226 g/mol. The zero-order chi connectivity index (χ0) is 13.2. The van der Waals surface area contributed by atoms with Crippen molar-refractivity contribution in [3.8, 4) is 18.4 Å². The van der Waals surface area contributed by atoms with Gasteiger partial charge >= 0.3 is 0 Å². The Labute approximate surface area is 107 Å². The third kappa shape index (κ3) is 4.59. The molecule has 0 saturated heterocycles. The van der Waals surface area contributed by atoms with E-state index < -0.39 is 0 Å². The summed E-state index contributed by atoms with van der Waals surface area (Å²) in [5, 5.41) is 11.2. The van der Waals surface area contributed by atoms with Crippen LogP contribution < -0.4 is 10.2 Å². The molecule has 4 nitrogen and oxygen atoms in total. The van der Waals surface area contributed by atoms with Gasteiger partial charge in [0, 0.05) is 12.2 Å². The van der Waals surface area contributed by atoms with Gasteiger partial charge in [0.1, 0.15) is 0 Å². The number of carbonyl (C=O) groups is 1. The highest BCUT2D eigenvalue weighted by Crippen LogP contribution is 2.12. The van der Waals surface area contributed by atoms with Crippen LogP contribution in [0.1, 0.15) is 6.42 Å². The fraction of sp³-hybridized carbons (Fsp3) is 0.286. The van der Waals surface area contributed by atoms with Gasteiger partial charge < -0.3 is 10.2 Å². The smallest absolute Gasteiger partial charge is 0.240 e. The molecule has 0 atom stereocenters. The van der Waals surface area contributed by atoms with Crippen LogP contribution in [0.4, 0.5) is 5.69 Å². The minimum absolute atomic E-state index is 0.144. The van der Waals surface area contributed by atoms with E-state index in [1.165, 1.54) is 0 Å². The molecule has 18 heavy (non-hydrogen) atoms. The number of hydrogen-bond acceptors (Lipinski definition) is 3. The van der Waals surface area contributed by atoms with Crippen molar-refractivity contribution in [3.05, 3.63) is 30.3 Å². The van der Waals surface area contributed by atoms with Crippen molar-refractivity contribution < 1.29 is 4.79 Å². The number of benzene rings is 1. The molecule has 1 aromatic rings. The Hall–Kier alpha value is -2.46. The Morgan fingerprint density at radius 1 is 1.39 bits per heavy atom. The fourth-order valence-corrected chi connectivity index (χ4v) is 1.50. The zero-order valence-corrected chi connectivity index (χ0v) is 10.1. The van der Waals surface area contributed by atoms with Gasteiger partial charge in [-0.2, -0.15) is 5.26 Å². The van der Waals surface area contributed by atoms with Gasteiger partial charge in [0.25, 0.3) is 0 Å². The van der Waals surface area contributed by atoms with E-state index in [9.17, 15) is 4.79 Å². The molecule has 0 saturated carbocycles. The topological polar surface area (TPSA) is 56.1 Å². The van der Waals surface area contributed by atoms with Gasteiger partial charge in [0.05, 0.1) is 25.6 Å². The van der Waals surface area contributed by atoms with Crippen molar-refractivity contribution in [3.63, 3.8) is 0 Å². The largest absolute Gasteiger partial charge is 0.361 e. The van der Waals surface area contributed by atoms with Gasteiger partial charge in [-0.15, -0.1) is 6.42 Å². The quantitative estimate of drug-likeness (QED) is 0.760. The monoisotopic (exact) mass is 241 g/mol. The molecule has 0 heterocycles. The average Bonchev–Trinajstić information content (AvgIpc) is 2.42. The maximum Gasteiger partial charge on any atom is 0.240 e. The summed E-state index contributed by atoms with van der Waals surface area (Å²) in [6.45, 7) is 0.942. The van der Waals surface area contributed by atoms with Gasteiger partial charge in [0.2, 0.25) is 5.91 Å². The minimum atomic E-state index is -0.144. The lowest BCUT2D eigenvalue weighted by Gasteiger charge is -2.22. The van der Waals surface area contributed by atoms with Crippen LogP contribution in [-0.2, 0) is 4.79 Å². The van der Waals surface area contributed by atoms with Gasteiger partial charge in [-0.25, -0.2) is 0 Å². The molecule has 1 rings (SSSR count). The predicted octanol–water partition coefficient (Wildman–Crippen LogP) is 1.16. The number of nitrogens with zero attached hydrogens (tertiary/aromatic N) is 2. The first kappa shape index (κ1) is 13.6. The van der Waals surface area contributed by atoms with Crippen molar-refractivity contribution in [2.75, 3.05) is 24.5 Å². The van der Waals surface area contributed by atoms with Crippen LogP contribution in [0.5, 0.6) is 0 Å². The van der Waals surface area contributed by atoms with E-state index in [0.717, 1.165) is 5.69 Å². The molecule has 1 amide bonds. The second kappa shape index (κ2) is 7.76. The number of nitriles is 1. The molecule has 0 fully saturated rings. The second-order valence-electron chi connectivity index (χ2n) is 3.65. The summed E-state index contributed by atoms with van der Waals surface area (Å²) >= 11 is 0. The molecule has 0 aliphatic carbocycles. The van der Waals surface area contributed by atoms with Gasteiger partial charge in [-0.3, -0.25) is 4.79 Å². The first-order chi connectivity index (χ1) is 8.77. The van der Waals surface area contributed by atoms with Gasteiger partial charge in [-0.05, 0) is 12.1 Å². The van der Waals surface area contributed by atoms with Crippen LogP contribution in [0.15, 0.2) is 30.3 Å². The zero-order valence-electron chi connectivity index (χ0n) is 10.1. The second-order valence-corrected chi connectivity index (χ2v) is 3.65. The number of nitrogens with one attached hydrogen (secondary N) is 1. The van der Waals surface area contributed by atoms with Gasteiger partial charge in [0.15, 0.2) is 0 Å². The molecule has 4 heteroatoms.